The summed E-state index contributed by atoms with van der Waals surface area (Å²) in [6.07, 6.45) is -0.253. The van der Waals surface area contributed by atoms with E-state index in [1.165, 1.54) is 11.3 Å². The zero-order valence-electron chi connectivity index (χ0n) is 4.37. The van der Waals surface area contributed by atoms with Crippen molar-refractivity contribution >= 4 is 21.8 Å². The van der Waals surface area contributed by atoms with Gasteiger partial charge in [0.1, 0.15) is 0 Å². The number of oxazole rings is 1. The first-order chi connectivity index (χ1) is 4.36. The van der Waals surface area contributed by atoms with Crippen LogP contribution in [0.3, 0.4) is 0 Å². The third-order valence-corrected chi connectivity index (χ3v) is 1.80. The van der Waals surface area contributed by atoms with Crippen molar-refractivity contribution < 1.29 is 9.52 Å². The van der Waals surface area contributed by atoms with Crippen molar-refractivity contribution in [1.82, 2.24) is 4.98 Å². The lowest BCUT2D eigenvalue weighted by atomic mass is 10.6. The maximum atomic E-state index is 8.67. The van der Waals surface area contributed by atoms with Gasteiger partial charge in [0.2, 0.25) is 0 Å². The van der Waals surface area contributed by atoms with Gasteiger partial charge in [0.25, 0.3) is 0 Å². The van der Waals surface area contributed by atoms with E-state index in [4.69, 9.17) is 9.52 Å². The number of aromatic hydroxyl groups is 1. The van der Waals surface area contributed by atoms with Gasteiger partial charge in [-0.15, -0.1) is 11.3 Å². The molecule has 0 atom stereocenters. The van der Waals surface area contributed by atoms with E-state index >= 15 is 0 Å². The van der Waals surface area contributed by atoms with Crippen LogP contribution in [0.4, 0.5) is 0 Å². The van der Waals surface area contributed by atoms with Gasteiger partial charge in [-0.05, 0) is 11.4 Å². The fraction of sp³-hybridized carbons (Fsp3) is 0. The van der Waals surface area contributed by atoms with Crippen molar-refractivity contribution in [2.45, 2.75) is 0 Å². The van der Waals surface area contributed by atoms with Crippen LogP contribution < -0.4 is 0 Å². The van der Waals surface area contributed by atoms with E-state index in [0.717, 1.165) is 4.83 Å². The average Bonchev–Trinajstić information content (AvgIpc) is 2.22. The summed E-state index contributed by atoms with van der Waals surface area (Å²) in [6, 6.07) is 1.77. The number of nitrogens with zero attached hydrogens (tertiary/aromatic N) is 1. The lowest BCUT2D eigenvalue weighted by molar-refractivity contribution is 0.328. The number of rotatable bonds is 0. The van der Waals surface area contributed by atoms with Crippen LogP contribution in [0.25, 0.3) is 10.4 Å². The molecule has 0 radical (unpaired) electrons. The van der Waals surface area contributed by atoms with E-state index in [2.05, 4.69) is 4.98 Å². The van der Waals surface area contributed by atoms with Crippen molar-refractivity contribution in [1.29, 1.82) is 0 Å². The minimum absolute atomic E-state index is 0.253. The van der Waals surface area contributed by atoms with Crippen LogP contribution in [-0.2, 0) is 0 Å². The van der Waals surface area contributed by atoms with Gasteiger partial charge in [0.05, 0.1) is 0 Å². The molecule has 46 valence electrons. The molecule has 0 aliphatic carbocycles. The first-order valence-corrected chi connectivity index (χ1v) is 3.27. The SMILES string of the molecule is Oc1nc2sccc2o1. The summed E-state index contributed by atoms with van der Waals surface area (Å²) in [5, 5.41) is 10.5. The molecule has 0 saturated carbocycles. The molecule has 0 bridgehead atoms. The fourth-order valence-corrected chi connectivity index (χ4v) is 1.33. The van der Waals surface area contributed by atoms with E-state index < -0.39 is 0 Å². The van der Waals surface area contributed by atoms with Gasteiger partial charge < -0.3 is 9.52 Å². The van der Waals surface area contributed by atoms with Gasteiger partial charge in [-0.25, -0.2) is 0 Å². The van der Waals surface area contributed by atoms with E-state index in [0.29, 0.717) is 5.58 Å². The van der Waals surface area contributed by atoms with Gasteiger partial charge in [-0.2, -0.15) is 4.98 Å². The van der Waals surface area contributed by atoms with Gasteiger partial charge in [-0.1, -0.05) is 0 Å². The molecule has 0 saturated heterocycles. The highest BCUT2D eigenvalue weighted by atomic mass is 32.1. The lowest BCUT2D eigenvalue weighted by Gasteiger charge is -1.70. The van der Waals surface area contributed by atoms with E-state index in [1.807, 2.05) is 5.38 Å². The smallest absolute Gasteiger partial charge is 0.392 e. The van der Waals surface area contributed by atoms with Crippen LogP contribution in [0.1, 0.15) is 0 Å². The Morgan fingerprint density at radius 2 is 2.56 bits per heavy atom. The molecule has 3 nitrogen and oxygen atoms in total. The summed E-state index contributed by atoms with van der Waals surface area (Å²) in [5.74, 6) is 0. The number of aromatic nitrogens is 1. The van der Waals surface area contributed by atoms with Crippen molar-refractivity contribution in [3.63, 3.8) is 0 Å². The number of hydrogen-bond donors (Lipinski definition) is 1. The minimum atomic E-state index is -0.253. The zero-order chi connectivity index (χ0) is 6.27. The molecule has 0 aliphatic rings. The summed E-state index contributed by atoms with van der Waals surface area (Å²) in [5.41, 5.74) is 0.650. The maximum Gasteiger partial charge on any atom is 0.392 e. The molecule has 0 fully saturated rings. The zero-order valence-corrected chi connectivity index (χ0v) is 5.18. The highest BCUT2D eigenvalue weighted by Crippen LogP contribution is 2.23. The molecule has 4 heteroatoms. The molecule has 0 aliphatic heterocycles. The van der Waals surface area contributed by atoms with Crippen LogP contribution in [0.15, 0.2) is 15.9 Å². The summed E-state index contributed by atoms with van der Waals surface area (Å²) < 4.78 is 4.76. The Morgan fingerprint density at radius 1 is 1.67 bits per heavy atom. The van der Waals surface area contributed by atoms with Gasteiger partial charge in [0.15, 0.2) is 10.4 Å². The Bertz CT molecular complexity index is 296. The first-order valence-electron chi connectivity index (χ1n) is 2.39. The van der Waals surface area contributed by atoms with Crippen LogP contribution in [-0.4, -0.2) is 10.1 Å². The third kappa shape index (κ3) is 0.598. The largest absolute Gasteiger partial charge is 0.466 e. The van der Waals surface area contributed by atoms with Crippen molar-refractivity contribution in [2.75, 3.05) is 0 Å². The van der Waals surface area contributed by atoms with E-state index in [-0.39, 0.29) is 6.08 Å². The summed E-state index contributed by atoms with van der Waals surface area (Å²) in [4.78, 5) is 4.42. The number of thiophene rings is 1. The molecule has 1 N–H and O–H groups in total. The molecular formula is C5H3NO2S. The second-order valence-electron chi connectivity index (χ2n) is 1.59. The summed E-state index contributed by atoms with van der Waals surface area (Å²) >= 11 is 1.44. The Kier molecular flexibility index (Phi) is 0.790. The van der Waals surface area contributed by atoms with Crippen LogP contribution >= 0.6 is 11.3 Å². The van der Waals surface area contributed by atoms with Gasteiger partial charge in [0, 0.05) is 0 Å². The second-order valence-corrected chi connectivity index (χ2v) is 2.48. The predicted molar refractivity (Wildman–Crippen MR) is 33.6 cm³/mol. The predicted octanol–water partition coefficient (Wildman–Crippen LogP) is 1.59. The second kappa shape index (κ2) is 1.48. The Labute approximate surface area is 54.6 Å². The number of hydrogen-bond acceptors (Lipinski definition) is 4. The molecule has 2 heterocycles. The quantitative estimate of drug-likeness (QED) is 0.606. The monoisotopic (exact) mass is 141 g/mol. The van der Waals surface area contributed by atoms with Crippen molar-refractivity contribution in [2.24, 2.45) is 0 Å². The Morgan fingerprint density at radius 3 is 3.33 bits per heavy atom. The number of fused-ring (bicyclic) bond motifs is 1. The Hall–Kier alpha value is -1.03. The highest BCUT2D eigenvalue weighted by molar-refractivity contribution is 7.16. The molecule has 2 rings (SSSR count). The molecule has 2 aromatic rings. The normalized spacial score (nSPS) is 10.7. The Balaban J connectivity index is 2.92. The fourth-order valence-electron chi connectivity index (χ4n) is 0.657. The standard InChI is InChI=1S/C5H3NO2S/c7-5-6-4-3(8-5)1-2-9-4/h1-2H,(H,6,7). The average molecular weight is 141 g/mol. The third-order valence-electron chi connectivity index (χ3n) is 1.01. The van der Waals surface area contributed by atoms with Crippen molar-refractivity contribution in [3.05, 3.63) is 11.4 Å². The molecule has 0 amide bonds. The van der Waals surface area contributed by atoms with Gasteiger partial charge in [-0.3, -0.25) is 0 Å². The molecule has 0 unspecified atom stereocenters. The molecule has 2 aromatic heterocycles. The highest BCUT2D eigenvalue weighted by Gasteiger charge is 2.02. The van der Waals surface area contributed by atoms with Crippen LogP contribution in [0.5, 0.6) is 6.08 Å². The van der Waals surface area contributed by atoms with E-state index in [9.17, 15) is 0 Å². The maximum absolute atomic E-state index is 8.67. The van der Waals surface area contributed by atoms with Crippen LogP contribution in [0.2, 0.25) is 0 Å². The topological polar surface area (TPSA) is 46.3 Å². The first kappa shape index (κ1) is 4.81. The lowest BCUT2D eigenvalue weighted by Crippen LogP contribution is -1.54. The van der Waals surface area contributed by atoms with Crippen LogP contribution in [0, 0.1) is 0 Å². The summed E-state index contributed by atoms with van der Waals surface area (Å²) in [6.45, 7) is 0. The molecule has 0 aromatic carbocycles. The molecular weight excluding hydrogens is 138 g/mol. The van der Waals surface area contributed by atoms with Crippen molar-refractivity contribution in [3.8, 4) is 6.08 Å². The van der Waals surface area contributed by atoms with E-state index in [1.54, 1.807) is 6.07 Å². The molecule has 0 spiro atoms. The molecule has 9 heavy (non-hydrogen) atoms. The summed E-state index contributed by atoms with van der Waals surface area (Å²) in [7, 11) is 0. The van der Waals surface area contributed by atoms with Gasteiger partial charge >= 0.3 is 6.08 Å². The minimum Gasteiger partial charge on any atom is -0.466 e.